The van der Waals surface area contributed by atoms with Crippen molar-refractivity contribution in [2.75, 3.05) is 49.3 Å². The number of anilines is 2. The van der Waals surface area contributed by atoms with Gasteiger partial charge in [0.1, 0.15) is 17.6 Å². The van der Waals surface area contributed by atoms with Gasteiger partial charge >= 0.3 is 60.8 Å². The summed E-state index contributed by atoms with van der Waals surface area (Å²) in [7, 11) is -18.3. The Bertz CT molecular complexity index is 1810. The van der Waals surface area contributed by atoms with Gasteiger partial charge in [-0.15, -0.1) is 5.11 Å². The molecule has 2 aromatic rings. The minimum atomic E-state index is -4.82. The first-order valence-electron chi connectivity index (χ1n) is 11.3. The summed E-state index contributed by atoms with van der Waals surface area (Å²) in [6, 6.07) is 6.70. The van der Waals surface area contributed by atoms with Gasteiger partial charge < -0.3 is 10.6 Å². The van der Waals surface area contributed by atoms with Gasteiger partial charge in [0.2, 0.25) is 0 Å². The molecule has 0 radical (unpaired) electrons. The van der Waals surface area contributed by atoms with Crippen LogP contribution in [0.5, 0.6) is 0 Å². The second-order valence-corrected chi connectivity index (χ2v) is 13.3. The van der Waals surface area contributed by atoms with Crippen molar-refractivity contribution in [1.82, 2.24) is 4.98 Å². The zero-order valence-electron chi connectivity index (χ0n) is 22.8. The van der Waals surface area contributed by atoms with E-state index < -0.39 is 66.6 Å². The minimum absolute atomic E-state index is 0. The van der Waals surface area contributed by atoms with Crippen molar-refractivity contribution >= 4 is 64.0 Å². The number of aromatic nitrogens is 1. The summed E-state index contributed by atoms with van der Waals surface area (Å²) in [5.41, 5.74) is 0.225. The van der Waals surface area contributed by atoms with E-state index in [0.29, 0.717) is 0 Å². The van der Waals surface area contributed by atoms with Crippen molar-refractivity contribution in [3.63, 3.8) is 0 Å². The third-order valence-electron chi connectivity index (χ3n) is 4.83. The van der Waals surface area contributed by atoms with E-state index in [0.717, 1.165) is 12.1 Å². The minimum Gasteiger partial charge on any atom is -0.367 e. The van der Waals surface area contributed by atoms with Crippen LogP contribution in [0.1, 0.15) is 11.1 Å². The summed E-state index contributed by atoms with van der Waals surface area (Å²) >= 11 is 0. The zero-order chi connectivity index (χ0) is 32.5. The van der Waals surface area contributed by atoms with Gasteiger partial charge in [-0.05, 0) is 31.2 Å². The number of nitrogens with zero attached hydrogens (tertiary/aromatic N) is 4. The molecule has 0 fully saturated rings. The molecule has 0 bridgehead atoms. The van der Waals surface area contributed by atoms with Gasteiger partial charge in [-0.2, -0.15) is 35.6 Å². The van der Waals surface area contributed by atoms with Crippen LogP contribution in [0.15, 0.2) is 39.4 Å². The molecule has 25 heteroatoms. The topological polar surface area (TPSA) is 310 Å². The largest absolute Gasteiger partial charge is 1.00 e. The number of sulfone groups is 1. The third kappa shape index (κ3) is 14.2. The Morgan fingerprint density at radius 2 is 1.27 bits per heavy atom. The fraction of sp³-hybridized carbons (Fsp3) is 0.368. The molecule has 5 N–H and O–H groups in total. The number of rotatable bonds is 17. The summed E-state index contributed by atoms with van der Waals surface area (Å²) in [6.45, 7) is -0.926. The Hall–Kier alpha value is -2.38. The summed E-state index contributed by atoms with van der Waals surface area (Å²) in [5, 5.41) is 23.1. The van der Waals surface area contributed by atoms with Crippen LogP contribution in [0.4, 0.5) is 23.0 Å². The number of benzene rings is 1. The van der Waals surface area contributed by atoms with Crippen molar-refractivity contribution in [3.05, 3.63) is 35.4 Å². The smallest absolute Gasteiger partial charge is 0.367 e. The number of hydrogen-bond donors (Lipinski definition) is 5. The Kier molecular flexibility index (Phi) is 15.1. The van der Waals surface area contributed by atoms with E-state index in [2.05, 4.69) is 38.4 Å². The molecule has 20 nitrogen and oxygen atoms in total. The second-order valence-electron chi connectivity index (χ2n) is 7.88. The molecule has 0 aliphatic heterocycles. The van der Waals surface area contributed by atoms with Gasteiger partial charge in [0, 0.05) is 18.7 Å². The van der Waals surface area contributed by atoms with Crippen LogP contribution in [-0.2, 0) is 53.6 Å². The maximum atomic E-state index is 12.4. The normalized spacial score (nSPS) is 12.4. The van der Waals surface area contributed by atoms with Gasteiger partial charge in [0.15, 0.2) is 15.7 Å². The number of nitriles is 1. The second kappa shape index (κ2) is 16.8. The molecular formula is C19H24N6NaO14S4+. The van der Waals surface area contributed by atoms with E-state index >= 15 is 0 Å². The zero-order valence-corrected chi connectivity index (χ0v) is 28.1. The molecule has 1 heterocycles. The van der Waals surface area contributed by atoms with Crippen LogP contribution in [0, 0.1) is 18.3 Å². The fourth-order valence-corrected chi connectivity index (χ4v) is 5.11. The van der Waals surface area contributed by atoms with E-state index in [1.807, 2.05) is 6.07 Å². The molecule has 44 heavy (non-hydrogen) atoms. The quantitative estimate of drug-likeness (QED) is 0.0500. The van der Waals surface area contributed by atoms with Crippen molar-refractivity contribution in [1.29, 1.82) is 5.26 Å². The molecule has 0 saturated heterocycles. The predicted molar refractivity (Wildman–Crippen MR) is 146 cm³/mol. The molecule has 0 amide bonds. The van der Waals surface area contributed by atoms with Crippen molar-refractivity contribution in [2.24, 2.45) is 10.2 Å². The predicted octanol–water partition coefficient (Wildman–Crippen LogP) is -2.26. The summed E-state index contributed by atoms with van der Waals surface area (Å²) in [4.78, 5) is 3.97. The third-order valence-corrected chi connectivity index (χ3v) is 7.91. The molecule has 2 rings (SSSR count). The van der Waals surface area contributed by atoms with Crippen molar-refractivity contribution in [3.8, 4) is 6.07 Å². The van der Waals surface area contributed by atoms with Gasteiger partial charge in [-0.1, -0.05) is 0 Å². The summed E-state index contributed by atoms with van der Waals surface area (Å²) in [6.07, 6.45) is 0. The summed E-state index contributed by atoms with van der Waals surface area (Å²) < 4.78 is 127. The number of pyridine rings is 1. The molecule has 1 aromatic carbocycles. The van der Waals surface area contributed by atoms with Crippen LogP contribution in [-0.4, -0.2) is 91.0 Å². The maximum absolute atomic E-state index is 12.4. The molecule has 0 atom stereocenters. The number of nitrogens with one attached hydrogen (secondary N) is 2. The molecule has 0 unspecified atom stereocenters. The monoisotopic (exact) mass is 711 g/mol. The molecule has 0 spiro atoms. The van der Waals surface area contributed by atoms with E-state index in [-0.39, 0.29) is 81.7 Å². The van der Waals surface area contributed by atoms with Crippen LogP contribution >= 0.6 is 0 Å². The Morgan fingerprint density at radius 1 is 0.795 bits per heavy atom. The van der Waals surface area contributed by atoms with E-state index in [1.54, 1.807) is 0 Å². The average molecular weight is 712 g/mol. The van der Waals surface area contributed by atoms with Crippen LogP contribution in [0.25, 0.3) is 0 Å². The maximum Gasteiger partial charge on any atom is 1.00 e. The average Bonchev–Trinajstić information content (AvgIpc) is 2.87. The standard InChI is InChI=1S/C19H24N6O14S4.Na/c1-13-16(12-20)18(21-6-8-37-41(28,29)30)23-19(22-7-9-38-42(31,32)33)17(13)25-24-14-2-4-15(5-3-14)40(26,27)11-10-39-43(34,35)36;/h2-5H,6-11H2,1H3,(H2,21,22,23)(H,28,29,30)(H,31,32,33)(H,34,35,36);/q;+1. The SMILES string of the molecule is Cc1c(C#N)c(NCCOS(=O)(=O)O)nc(NCCOS(=O)(=O)O)c1N=Nc1ccc(S(=O)(=O)CCOS(=O)(=O)O)cc1.[Na+]. The van der Waals surface area contributed by atoms with Crippen LogP contribution in [0.3, 0.4) is 0 Å². The molecule has 1 aromatic heterocycles. The van der Waals surface area contributed by atoms with E-state index in [9.17, 15) is 38.9 Å². The summed E-state index contributed by atoms with van der Waals surface area (Å²) in [5.74, 6) is -0.910. The van der Waals surface area contributed by atoms with Crippen molar-refractivity contribution < 1.29 is 89.4 Å². The van der Waals surface area contributed by atoms with Crippen LogP contribution in [0.2, 0.25) is 0 Å². The molecule has 0 aliphatic rings. The Balaban J connectivity index is 0.00000968. The first kappa shape index (κ1) is 39.6. The van der Waals surface area contributed by atoms with Gasteiger partial charge in [0.05, 0.1) is 41.7 Å². The van der Waals surface area contributed by atoms with Gasteiger partial charge in [0.25, 0.3) is 0 Å². The Morgan fingerprint density at radius 3 is 1.75 bits per heavy atom. The van der Waals surface area contributed by atoms with Gasteiger partial charge in [-0.25, -0.2) is 26.0 Å². The molecule has 0 saturated carbocycles. The first-order chi connectivity index (χ1) is 19.8. The Labute approximate surface area is 274 Å². The van der Waals surface area contributed by atoms with Crippen LogP contribution < -0.4 is 40.2 Å². The fourth-order valence-electron chi connectivity index (χ4n) is 3.03. The molecule has 0 aliphatic carbocycles. The number of hydrogen-bond acceptors (Lipinski definition) is 17. The molecule has 238 valence electrons. The van der Waals surface area contributed by atoms with Crippen molar-refractivity contribution in [2.45, 2.75) is 11.8 Å². The first-order valence-corrected chi connectivity index (χ1v) is 17.1. The number of azo groups is 1. The van der Waals surface area contributed by atoms with Gasteiger partial charge in [-0.3, -0.25) is 13.7 Å². The molecular weight excluding hydrogens is 687 g/mol. The van der Waals surface area contributed by atoms with E-state index in [4.69, 9.17) is 13.7 Å². The van der Waals surface area contributed by atoms with E-state index in [1.165, 1.54) is 19.1 Å².